The highest BCUT2D eigenvalue weighted by atomic mass is 35.5. The molecule has 2 aliphatic rings. The molecule has 2 saturated heterocycles. The summed E-state index contributed by atoms with van der Waals surface area (Å²) in [6.07, 6.45) is 2.49. The van der Waals surface area contributed by atoms with Gasteiger partial charge in [-0.15, -0.1) is 24.8 Å². The van der Waals surface area contributed by atoms with Crippen LogP contribution in [-0.2, 0) is 9.53 Å². The lowest BCUT2D eigenvalue weighted by atomic mass is 10.0. The highest BCUT2D eigenvalue weighted by Crippen LogP contribution is 2.24. The van der Waals surface area contributed by atoms with Crippen molar-refractivity contribution in [3.05, 3.63) is 17.6 Å². The molecular formula is C21H37Cl2N5O2. The topological polar surface area (TPSA) is 70.6 Å². The Morgan fingerprint density at radius 3 is 2.57 bits per heavy atom. The molecule has 7 nitrogen and oxygen atoms in total. The molecule has 0 saturated carbocycles. The molecule has 1 aromatic rings. The van der Waals surface area contributed by atoms with E-state index in [0.717, 1.165) is 63.0 Å². The fourth-order valence-corrected chi connectivity index (χ4v) is 4.12. The number of carbonyl (C=O) groups excluding carboxylic acids is 1. The van der Waals surface area contributed by atoms with Crippen molar-refractivity contribution in [2.75, 3.05) is 44.3 Å². The van der Waals surface area contributed by atoms with Crippen LogP contribution in [0.4, 0.5) is 5.82 Å². The standard InChI is InChI=1S/C21H35N5O2.2ClH/c1-5-26(20(27)13-17-14-28-11-8-22-17)18-6-9-25(10-7-18)19-12-16(4)23-21(24-19)15(2)3;;/h12,15,17-18,22H,5-11,13-14H2,1-4H3;2*1H. The van der Waals surface area contributed by atoms with Gasteiger partial charge < -0.3 is 19.9 Å². The number of carbonyl (C=O) groups is 1. The van der Waals surface area contributed by atoms with Gasteiger partial charge in [-0.1, -0.05) is 13.8 Å². The Kier molecular flexibility index (Phi) is 11.3. The average Bonchev–Trinajstić information content (AvgIpc) is 2.69. The number of anilines is 1. The van der Waals surface area contributed by atoms with E-state index in [2.05, 4.69) is 46.9 Å². The van der Waals surface area contributed by atoms with Gasteiger partial charge in [-0.05, 0) is 26.7 Å². The van der Waals surface area contributed by atoms with Crippen LogP contribution < -0.4 is 10.2 Å². The van der Waals surface area contributed by atoms with Crippen LogP contribution in [0.3, 0.4) is 0 Å². The van der Waals surface area contributed by atoms with Gasteiger partial charge in [-0.2, -0.15) is 0 Å². The molecular weight excluding hydrogens is 425 g/mol. The van der Waals surface area contributed by atoms with Crippen LogP contribution in [0, 0.1) is 6.92 Å². The van der Waals surface area contributed by atoms with E-state index in [1.54, 1.807) is 0 Å². The summed E-state index contributed by atoms with van der Waals surface area (Å²) in [5.74, 6) is 2.49. The van der Waals surface area contributed by atoms with Crippen LogP contribution in [0.15, 0.2) is 6.07 Å². The number of hydrogen-bond donors (Lipinski definition) is 1. The largest absolute Gasteiger partial charge is 0.378 e. The number of morpholine rings is 1. The van der Waals surface area contributed by atoms with Crippen molar-refractivity contribution < 1.29 is 9.53 Å². The van der Waals surface area contributed by atoms with Crippen LogP contribution >= 0.6 is 24.8 Å². The second-order valence-electron chi connectivity index (χ2n) is 8.21. The van der Waals surface area contributed by atoms with Gasteiger partial charge in [0.2, 0.25) is 5.91 Å². The molecule has 0 bridgehead atoms. The Labute approximate surface area is 193 Å². The zero-order chi connectivity index (χ0) is 20.1. The molecule has 0 radical (unpaired) electrons. The van der Waals surface area contributed by atoms with E-state index in [4.69, 9.17) is 9.72 Å². The van der Waals surface area contributed by atoms with Gasteiger partial charge in [0.1, 0.15) is 11.6 Å². The van der Waals surface area contributed by atoms with Crippen molar-refractivity contribution in [1.82, 2.24) is 20.2 Å². The molecule has 0 aliphatic carbocycles. The molecule has 1 amide bonds. The molecule has 0 spiro atoms. The van der Waals surface area contributed by atoms with Crippen molar-refractivity contribution in [2.45, 2.75) is 65.0 Å². The SMILES string of the molecule is CCN(C(=O)CC1COCCN1)C1CCN(c2cc(C)nc(C(C)C)n2)CC1.Cl.Cl. The third kappa shape index (κ3) is 6.94. The van der Waals surface area contributed by atoms with E-state index < -0.39 is 0 Å². The minimum absolute atomic E-state index is 0. The first-order chi connectivity index (χ1) is 13.5. The van der Waals surface area contributed by atoms with Gasteiger partial charge in [-0.25, -0.2) is 9.97 Å². The van der Waals surface area contributed by atoms with Crippen LogP contribution in [0.5, 0.6) is 0 Å². The van der Waals surface area contributed by atoms with Crippen LogP contribution in [0.25, 0.3) is 0 Å². The smallest absolute Gasteiger partial charge is 0.224 e. The molecule has 1 atom stereocenters. The summed E-state index contributed by atoms with van der Waals surface area (Å²) in [5.41, 5.74) is 1.02. The minimum atomic E-state index is 0. The molecule has 2 aliphatic heterocycles. The van der Waals surface area contributed by atoms with Crippen LogP contribution in [0.1, 0.15) is 57.5 Å². The van der Waals surface area contributed by atoms with E-state index in [-0.39, 0.29) is 36.8 Å². The number of amides is 1. The zero-order valence-electron chi connectivity index (χ0n) is 18.6. The molecule has 0 aromatic carbocycles. The van der Waals surface area contributed by atoms with Crippen LogP contribution in [-0.4, -0.2) is 72.3 Å². The number of hydrogen-bond acceptors (Lipinski definition) is 6. The molecule has 3 heterocycles. The summed E-state index contributed by atoms with van der Waals surface area (Å²) in [6.45, 7) is 13.2. The normalized spacial score (nSPS) is 19.8. The predicted molar refractivity (Wildman–Crippen MR) is 125 cm³/mol. The summed E-state index contributed by atoms with van der Waals surface area (Å²) in [5, 5.41) is 3.39. The van der Waals surface area contributed by atoms with E-state index in [1.807, 2.05) is 6.92 Å². The second-order valence-corrected chi connectivity index (χ2v) is 8.21. The lowest BCUT2D eigenvalue weighted by Gasteiger charge is -2.39. The number of rotatable bonds is 6. The Morgan fingerprint density at radius 1 is 1.30 bits per heavy atom. The lowest BCUT2D eigenvalue weighted by molar-refractivity contribution is -0.135. The van der Waals surface area contributed by atoms with Gasteiger partial charge in [-0.3, -0.25) is 4.79 Å². The average molecular weight is 462 g/mol. The van der Waals surface area contributed by atoms with Crippen molar-refractivity contribution in [3.63, 3.8) is 0 Å². The molecule has 1 aromatic heterocycles. The number of nitrogens with zero attached hydrogens (tertiary/aromatic N) is 4. The maximum absolute atomic E-state index is 12.9. The van der Waals surface area contributed by atoms with Crippen molar-refractivity contribution >= 4 is 36.5 Å². The minimum Gasteiger partial charge on any atom is -0.378 e. The first-order valence-corrected chi connectivity index (χ1v) is 10.7. The summed E-state index contributed by atoms with van der Waals surface area (Å²) in [6, 6.07) is 2.53. The van der Waals surface area contributed by atoms with Gasteiger partial charge in [0.15, 0.2) is 0 Å². The Balaban J connectivity index is 0.00000225. The van der Waals surface area contributed by atoms with Gasteiger partial charge in [0.25, 0.3) is 0 Å². The van der Waals surface area contributed by atoms with E-state index in [9.17, 15) is 4.79 Å². The highest BCUT2D eigenvalue weighted by Gasteiger charge is 2.29. The van der Waals surface area contributed by atoms with Crippen molar-refractivity contribution in [2.24, 2.45) is 0 Å². The first kappa shape index (κ1) is 26.9. The van der Waals surface area contributed by atoms with Crippen LogP contribution in [0.2, 0.25) is 0 Å². The maximum atomic E-state index is 12.9. The third-order valence-corrected chi connectivity index (χ3v) is 5.68. The molecule has 9 heteroatoms. The summed E-state index contributed by atoms with van der Waals surface area (Å²) in [7, 11) is 0. The Hall–Kier alpha value is -1.15. The number of nitrogens with one attached hydrogen (secondary N) is 1. The summed E-state index contributed by atoms with van der Waals surface area (Å²) in [4.78, 5) is 26.6. The number of ether oxygens (including phenoxy) is 1. The molecule has 1 N–H and O–H groups in total. The third-order valence-electron chi connectivity index (χ3n) is 5.68. The number of aromatic nitrogens is 2. The molecule has 2 fully saturated rings. The molecule has 3 rings (SSSR count). The van der Waals surface area contributed by atoms with Gasteiger partial charge >= 0.3 is 0 Å². The van der Waals surface area contributed by atoms with Crippen molar-refractivity contribution in [3.8, 4) is 0 Å². The van der Waals surface area contributed by atoms with E-state index in [1.165, 1.54) is 0 Å². The number of halogens is 2. The van der Waals surface area contributed by atoms with Gasteiger partial charge in [0, 0.05) is 62.4 Å². The number of piperidine rings is 1. The zero-order valence-corrected chi connectivity index (χ0v) is 20.2. The van der Waals surface area contributed by atoms with E-state index in [0.29, 0.717) is 25.0 Å². The second kappa shape index (κ2) is 12.6. The fourth-order valence-electron chi connectivity index (χ4n) is 4.12. The Bertz CT molecular complexity index is 663. The molecule has 30 heavy (non-hydrogen) atoms. The summed E-state index contributed by atoms with van der Waals surface area (Å²) >= 11 is 0. The van der Waals surface area contributed by atoms with E-state index >= 15 is 0 Å². The fraction of sp³-hybridized carbons (Fsp3) is 0.762. The Morgan fingerprint density at radius 2 is 2.00 bits per heavy atom. The van der Waals surface area contributed by atoms with Crippen molar-refractivity contribution in [1.29, 1.82) is 0 Å². The highest BCUT2D eigenvalue weighted by molar-refractivity contribution is 5.85. The number of aryl methyl sites for hydroxylation is 1. The first-order valence-electron chi connectivity index (χ1n) is 10.7. The maximum Gasteiger partial charge on any atom is 0.224 e. The summed E-state index contributed by atoms with van der Waals surface area (Å²) < 4.78 is 5.49. The lowest BCUT2D eigenvalue weighted by Crippen LogP contribution is -2.50. The van der Waals surface area contributed by atoms with Gasteiger partial charge in [0.05, 0.1) is 13.2 Å². The quantitative estimate of drug-likeness (QED) is 0.701. The monoisotopic (exact) mass is 461 g/mol. The molecule has 1 unspecified atom stereocenters. The molecule has 172 valence electrons. The predicted octanol–water partition coefficient (Wildman–Crippen LogP) is 2.95.